The van der Waals surface area contributed by atoms with E-state index in [4.69, 9.17) is 4.74 Å². The summed E-state index contributed by atoms with van der Waals surface area (Å²) in [4.78, 5) is 0. The van der Waals surface area contributed by atoms with Crippen LogP contribution in [-0.4, -0.2) is 0 Å². The molecule has 0 radical (unpaired) electrons. The summed E-state index contributed by atoms with van der Waals surface area (Å²) >= 11 is 0. The molecular weight excluding hydrogens is 544 g/mol. The van der Waals surface area contributed by atoms with E-state index in [1.807, 2.05) is 109 Å². The Hall–Kier alpha value is -5.92. The molecule has 0 aliphatic rings. The van der Waals surface area contributed by atoms with Crippen LogP contribution >= 0.6 is 0 Å². The molecule has 6 rings (SSSR count). The molecule has 0 amide bonds. The third-order valence-corrected chi connectivity index (χ3v) is 8.04. The van der Waals surface area contributed by atoms with Crippen LogP contribution in [0.2, 0.25) is 0 Å². The second-order valence-corrected chi connectivity index (χ2v) is 10.9. The van der Waals surface area contributed by atoms with E-state index < -0.39 is 0 Å². The molecule has 216 valence electrons. The summed E-state index contributed by atoms with van der Waals surface area (Å²) in [5.74, 6) is 1.51. The van der Waals surface area contributed by atoms with Crippen LogP contribution in [0.15, 0.2) is 184 Å². The van der Waals surface area contributed by atoms with Gasteiger partial charge in [0.05, 0.1) is 0 Å². The SMILES string of the molecule is C=C(c1ccccc1)c1ccccc1C(=C)c1ccc(Oc2ccc(C(=C)c3ccccc3C(=C)c3ccccc3)cc2)cc1. The second kappa shape index (κ2) is 13.2. The quantitative estimate of drug-likeness (QED) is 0.157. The van der Waals surface area contributed by atoms with Crippen molar-refractivity contribution in [1.82, 2.24) is 0 Å². The molecule has 0 bridgehead atoms. The predicted octanol–water partition coefficient (Wildman–Crippen LogP) is 11.7. The van der Waals surface area contributed by atoms with E-state index in [0.717, 1.165) is 78.3 Å². The van der Waals surface area contributed by atoms with Gasteiger partial charge in [-0.2, -0.15) is 0 Å². The highest BCUT2D eigenvalue weighted by Crippen LogP contribution is 2.34. The Morgan fingerprint density at radius 3 is 0.822 bits per heavy atom. The third-order valence-electron chi connectivity index (χ3n) is 8.04. The zero-order valence-corrected chi connectivity index (χ0v) is 25.2. The van der Waals surface area contributed by atoms with Gasteiger partial charge >= 0.3 is 0 Å². The lowest BCUT2D eigenvalue weighted by molar-refractivity contribution is 0.482. The van der Waals surface area contributed by atoms with Crippen molar-refractivity contribution >= 4 is 22.3 Å². The van der Waals surface area contributed by atoms with Crippen molar-refractivity contribution in [2.24, 2.45) is 0 Å². The van der Waals surface area contributed by atoms with Gasteiger partial charge in [-0.25, -0.2) is 0 Å². The average molecular weight is 579 g/mol. The van der Waals surface area contributed by atoms with E-state index in [1.54, 1.807) is 0 Å². The van der Waals surface area contributed by atoms with E-state index >= 15 is 0 Å². The number of hydrogen-bond donors (Lipinski definition) is 0. The Bertz CT molecular complexity index is 1850. The van der Waals surface area contributed by atoms with Crippen molar-refractivity contribution in [2.45, 2.75) is 0 Å². The van der Waals surface area contributed by atoms with Gasteiger partial charge in [0, 0.05) is 0 Å². The Morgan fingerprint density at radius 1 is 0.289 bits per heavy atom. The topological polar surface area (TPSA) is 9.23 Å². The Kier molecular flexibility index (Phi) is 8.53. The Labute approximate surface area is 266 Å². The zero-order valence-electron chi connectivity index (χ0n) is 25.2. The third kappa shape index (κ3) is 6.39. The minimum Gasteiger partial charge on any atom is -0.457 e. The van der Waals surface area contributed by atoms with Crippen LogP contribution in [-0.2, 0) is 0 Å². The minimum atomic E-state index is 0.754. The van der Waals surface area contributed by atoms with Gasteiger partial charge in [-0.1, -0.05) is 160 Å². The van der Waals surface area contributed by atoms with Crippen LogP contribution in [0.4, 0.5) is 0 Å². The molecule has 0 saturated heterocycles. The fourth-order valence-electron chi connectivity index (χ4n) is 5.50. The molecule has 0 unspecified atom stereocenters. The molecule has 6 aromatic carbocycles. The molecule has 45 heavy (non-hydrogen) atoms. The standard InChI is InChI=1S/C44H34O/c1-31(35-15-7-5-8-16-35)41-19-11-13-21-43(41)33(3)37-23-27-39(28-24-37)45-40-29-25-38(26-30-40)34(4)44-22-14-12-20-42(44)32(2)36-17-9-6-10-18-36/h5-30H,1-4H2. The van der Waals surface area contributed by atoms with Crippen LogP contribution in [0.3, 0.4) is 0 Å². The lowest BCUT2D eigenvalue weighted by Crippen LogP contribution is -1.95. The minimum absolute atomic E-state index is 0.754. The van der Waals surface area contributed by atoms with Gasteiger partial charge < -0.3 is 4.74 Å². The number of hydrogen-bond acceptors (Lipinski definition) is 1. The maximum atomic E-state index is 6.21. The summed E-state index contributed by atoms with van der Waals surface area (Å²) in [5, 5.41) is 0. The molecule has 0 aliphatic heterocycles. The van der Waals surface area contributed by atoms with Crippen LogP contribution < -0.4 is 4.74 Å². The zero-order chi connectivity index (χ0) is 31.2. The maximum Gasteiger partial charge on any atom is 0.127 e. The van der Waals surface area contributed by atoms with E-state index in [1.165, 1.54) is 0 Å². The van der Waals surface area contributed by atoms with E-state index in [0.29, 0.717) is 0 Å². The first-order valence-electron chi connectivity index (χ1n) is 14.9. The molecule has 1 heteroatoms. The molecule has 0 atom stereocenters. The van der Waals surface area contributed by atoms with E-state index in [-0.39, 0.29) is 0 Å². The van der Waals surface area contributed by atoms with Crippen LogP contribution in [0.5, 0.6) is 11.5 Å². The molecule has 0 heterocycles. The second-order valence-electron chi connectivity index (χ2n) is 10.9. The number of rotatable bonds is 10. The molecule has 0 N–H and O–H groups in total. The van der Waals surface area contributed by atoms with E-state index in [2.05, 4.69) is 74.8 Å². The molecule has 6 aromatic rings. The van der Waals surface area contributed by atoms with Gasteiger partial charge in [-0.3, -0.25) is 0 Å². The number of benzene rings is 6. The smallest absolute Gasteiger partial charge is 0.127 e. The Balaban J connectivity index is 1.16. The van der Waals surface area contributed by atoms with Crippen LogP contribution in [0.25, 0.3) is 22.3 Å². The van der Waals surface area contributed by atoms with Gasteiger partial charge in [0.15, 0.2) is 0 Å². The van der Waals surface area contributed by atoms with Crippen molar-refractivity contribution in [3.05, 3.63) is 229 Å². The normalized spacial score (nSPS) is 10.6. The Morgan fingerprint density at radius 2 is 0.533 bits per heavy atom. The average Bonchev–Trinajstić information content (AvgIpc) is 3.12. The van der Waals surface area contributed by atoms with Crippen molar-refractivity contribution in [3.63, 3.8) is 0 Å². The van der Waals surface area contributed by atoms with Crippen molar-refractivity contribution in [3.8, 4) is 11.5 Å². The van der Waals surface area contributed by atoms with Gasteiger partial charge in [0.1, 0.15) is 11.5 Å². The number of ether oxygens (including phenoxy) is 1. The summed E-state index contributed by atoms with van der Waals surface area (Å²) in [6, 6.07) is 53.1. The van der Waals surface area contributed by atoms with Gasteiger partial charge in [-0.05, 0) is 91.1 Å². The van der Waals surface area contributed by atoms with Gasteiger partial charge in [0.2, 0.25) is 0 Å². The van der Waals surface area contributed by atoms with Gasteiger partial charge in [-0.15, -0.1) is 0 Å². The van der Waals surface area contributed by atoms with Crippen LogP contribution in [0, 0.1) is 0 Å². The first-order valence-corrected chi connectivity index (χ1v) is 14.9. The monoisotopic (exact) mass is 578 g/mol. The predicted molar refractivity (Wildman–Crippen MR) is 191 cm³/mol. The summed E-state index contributed by atoms with van der Waals surface area (Å²) in [6.07, 6.45) is 0. The first-order chi connectivity index (χ1) is 22.0. The fourth-order valence-corrected chi connectivity index (χ4v) is 5.50. The maximum absolute atomic E-state index is 6.21. The largest absolute Gasteiger partial charge is 0.457 e. The molecule has 1 nitrogen and oxygen atoms in total. The summed E-state index contributed by atoms with van der Waals surface area (Å²) in [6.45, 7) is 17.6. The van der Waals surface area contributed by atoms with Crippen molar-refractivity contribution in [2.75, 3.05) is 0 Å². The highest BCUT2D eigenvalue weighted by Gasteiger charge is 2.13. The molecule has 0 spiro atoms. The molecule has 0 saturated carbocycles. The first kappa shape index (κ1) is 29.2. The molecule has 0 aliphatic carbocycles. The summed E-state index contributed by atoms with van der Waals surface area (Å²) in [5.41, 5.74) is 12.3. The molecular formula is C44H34O. The molecule has 0 fully saturated rings. The summed E-state index contributed by atoms with van der Waals surface area (Å²) < 4.78 is 6.21. The lowest BCUT2D eigenvalue weighted by atomic mass is 9.89. The lowest BCUT2D eigenvalue weighted by Gasteiger charge is -2.16. The fraction of sp³-hybridized carbons (Fsp3) is 0. The van der Waals surface area contributed by atoms with Crippen molar-refractivity contribution in [1.29, 1.82) is 0 Å². The highest BCUT2D eigenvalue weighted by atomic mass is 16.5. The highest BCUT2D eigenvalue weighted by molar-refractivity contribution is 5.91. The summed E-state index contributed by atoms with van der Waals surface area (Å²) in [7, 11) is 0. The van der Waals surface area contributed by atoms with E-state index in [9.17, 15) is 0 Å². The van der Waals surface area contributed by atoms with Gasteiger partial charge in [0.25, 0.3) is 0 Å². The van der Waals surface area contributed by atoms with Crippen molar-refractivity contribution < 1.29 is 4.74 Å². The van der Waals surface area contributed by atoms with Crippen LogP contribution in [0.1, 0.15) is 44.5 Å². The molecule has 0 aromatic heterocycles.